The molecule has 0 saturated carbocycles. The Balaban J connectivity index is 1.82. The van der Waals surface area contributed by atoms with E-state index < -0.39 is 0 Å². The highest BCUT2D eigenvalue weighted by Crippen LogP contribution is 2.11. The molecule has 0 spiro atoms. The topological polar surface area (TPSA) is 74.8 Å². The van der Waals surface area contributed by atoms with E-state index in [1.54, 1.807) is 6.92 Å². The predicted molar refractivity (Wildman–Crippen MR) is 97.9 cm³/mol. The fourth-order valence-electron chi connectivity index (χ4n) is 2.34. The van der Waals surface area contributed by atoms with Crippen molar-refractivity contribution in [3.05, 3.63) is 56.5 Å². The van der Waals surface area contributed by atoms with E-state index in [2.05, 4.69) is 15.3 Å². The Morgan fingerprint density at radius 2 is 2.17 bits per heavy atom. The minimum atomic E-state index is -0.168. The normalized spacial score (nSPS) is 10.6. The van der Waals surface area contributed by atoms with E-state index >= 15 is 0 Å². The first-order chi connectivity index (χ1) is 11.5. The maximum atomic E-state index is 12.0. The second-order valence-corrected chi connectivity index (χ2v) is 6.60. The van der Waals surface area contributed by atoms with Crippen molar-refractivity contribution >= 4 is 29.3 Å². The third-order valence-electron chi connectivity index (χ3n) is 3.62. The average molecular weight is 366 g/mol. The van der Waals surface area contributed by atoms with Crippen LogP contribution in [0, 0.1) is 6.92 Å². The number of amides is 1. The van der Waals surface area contributed by atoms with Crippen LogP contribution in [0.3, 0.4) is 0 Å². The highest BCUT2D eigenvalue weighted by atomic mass is 35.5. The number of carbonyl (C=O) groups is 1. The van der Waals surface area contributed by atoms with Crippen LogP contribution >= 0.6 is 23.4 Å². The Bertz CT molecular complexity index is 777. The van der Waals surface area contributed by atoms with Crippen LogP contribution in [0.2, 0.25) is 5.02 Å². The van der Waals surface area contributed by atoms with Gasteiger partial charge in [-0.2, -0.15) is 0 Å². The second-order valence-electron chi connectivity index (χ2n) is 5.37. The predicted octanol–water partition coefficient (Wildman–Crippen LogP) is 2.75. The molecule has 5 nitrogen and oxygen atoms in total. The van der Waals surface area contributed by atoms with Gasteiger partial charge >= 0.3 is 0 Å². The quantitative estimate of drug-likeness (QED) is 0.584. The van der Waals surface area contributed by atoms with Crippen LogP contribution in [0.4, 0.5) is 0 Å². The van der Waals surface area contributed by atoms with E-state index in [-0.39, 0.29) is 17.9 Å². The minimum absolute atomic E-state index is 0.0789. The maximum Gasteiger partial charge on any atom is 0.254 e. The smallest absolute Gasteiger partial charge is 0.254 e. The van der Waals surface area contributed by atoms with Crippen molar-refractivity contribution in [3.8, 4) is 0 Å². The molecule has 1 aromatic heterocycles. The van der Waals surface area contributed by atoms with Gasteiger partial charge in [-0.1, -0.05) is 35.5 Å². The molecule has 0 atom stereocenters. The van der Waals surface area contributed by atoms with Gasteiger partial charge in [-0.15, -0.1) is 0 Å². The van der Waals surface area contributed by atoms with Crippen LogP contribution in [-0.2, 0) is 17.6 Å². The second kappa shape index (κ2) is 8.89. The molecule has 7 heteroatoms. The molecule has 1 heterocycles. The molecule has 0 unspecified atom stereocenters. The van der Waals surface area contributed by atoms with Crippen molar-refractivity contribution in [1.82, 2.24) is 15.3 Å². The van der Waals surface area contributed by atoms with Crippen molar-refractivity contribution in [2.24, 2.45) is 0 Å². The molecule has 0 radical (unpaired) electrons. The summed E-state index contributed by atoms with van der Waals surface area (Å²) in [5.41, 5.74) is 2.15. The SMILES string of the molecule is CSc1nc(C)c(CCC(=O)NCCc2cccc(Cl)c2)c(=O)[nH]1. The zero-order valence-corrected chi connectivity index (χ0v) is 15.3. The number of hydrogen-bond acceptors (Lipinski definition) is 4. The van der Waals surface area contributed by atoms with Gasteiger partial charge in [-0.25, -0.2) is 4.98 Å². The number of benzene rings is 1. The zero-order valence-electron chi connectivity index (χ0n) is 13.7. The van der Waals surface area contributed by atoms with Crippen molar-refractivity contribution in [2.45, 2.75) is 31.3 Å². The van der Waals surface area contributed by atoms with Gasteiger partial charge in [0.2, 0.25) is 5.91 Å². The standard InChI is InChI=1S/C17H20ClN3O2S/c1-11-14(16(23)21-17(20-11)24-2)6-7-15(22)19-9-8-12-4-3-5-13(18)10-12/h3-5,10H,6-9H2,1-2H3,(H,19,22)(H,20,21,23). The van der Waals surface area contributed by atoms with Gasteiger partial charge < -0.3 is 10.3 Å². The number of aromatic nitrogens is 2. The summed E-state index contributed by atoms with van der Waals surface area (Å²) in [4.78, 5) is 31.0. The van der Waals surface area contributed by atoms with E-state index in [0.29, 0.717) is 34.4 Å². The van der Waals surface area contributed by atoms with Crippen LogP contribution in [0.5, 0.6) is 0 Å². The summed E-state index contributed by atoms with van der Waals surface area (Å²) < 4.78 is 0. The molecule has 0 fully saturated rings. The van der Waals surface area contributed by atoms with Gasteiger partial charge in [0.15, 0.2) is 5.16 Å². The lowest BCUT2D eigenvalue weighted by atomic mass is 10.1. The Morgan fingerprint density at radius 3 is 2.83 bits per heavy atom. The number of carbonyl (C=O) groups excluding carboxylic acids is 1. The van der Waals surface area contributed by atoms with Crippen molar-refractivity contribution in [3.63, 3.8) is 0 Å². The summed E-state index contributed by atoms with van der Waals surface area (Å²) in [5.74, 6) is -0.0789. The number of nitrogens with one attached hydrogen (secondary N) is 2. The van der Waals surface area contributed by atoms with Gasteiger partial charge in [0.25, 0.3) is 5.56 Å². The van der Waals surface area contributed by atoms with Crippen molar-refractivity contribution < 1.29 is 4.79 Å². The fourth-order valence-corrected chi connectivity index (χ4v) is 2.98. The average Bonchev–Trinajstić information content (AvgIpc) is 2.54. The molecule has 1 amide bonds. The van der Waals surface area contributed by atoms with Crippen molar-refractivity contribution in [1.29, 1.82) is 0 Å². The van der Waals surface area contributed by atoms with E-state index in [9.17, 15) is 9.59 Å². The molecule has 1 aromatic carbocycles. The molecule has 0 bridgehead atoms. The van der Waals surface area contributed by atoms with E-state index in [1.807, 2.05) is 30.5 Å². The van der Waals surface area contributed by atoms with E-state index in [4.69, 9.17) is 11.6 Å². The van der Waals surface area contributed by atoms with Gasteiger partial charge in [0.05, 0.1) is 0 Å². The Labute approximate surface area is 150 Å². The van der Waals surface area contributed by atoms with Gasteiger partial charge in [-0.05, 0) is 43.7 Å². The Hall–Kier alpha value is -1.79. The van der Waals surface area contributed by atoms with Gasteiger partial charge in [0.1, 0.15) is 0 Å². The summed E-state index contributed by atoms with van der Waals surface area (Å²) in [6.07, 6.45) is 3.21. The summed E-state index contributed by atoms with van der Waals surface area (Å²) in [7, 11) is 0. The van der Waals surface area contributed by atoms with Crippen LogP contribution in [0.15, 0.2) is 34.2 Å². The summed E-state index contributed by atoms with van der Waals surface area (Å²) >= 11 is 7.31. The van der Waals surface area contributed by atoms with Crippen LogP contribution < -0.4 is 10.9 Å². The number of H-pyrrole nitrogens is 1. The van der Waals surface area contributed by atoms with E-state index in [0.717, 1.165) is 12.0 Å². The summed E-state index contributed by atoms with van der Waals surface area (Å²) in [6.45, 7) is 2.33. The number of rotatable bonds is 7. The number of thioether (sulfide) groups is 1. The molecule has 0 aliphatic carbocycles. The first-order valence-corrected chi connectivity index (χ1v) is 9.25. The van der Waals surface area contributed by atoms with E-state index in [1.165, 1.54) is 11.8 Å². The number of aromatic amines is 1. The molecule has 0 aliphatic heterocycles. The van der Waals surface area contributed by atoms with Crippen LogP contribution in [0.1, 0.15) is 23.2 Å². The molecule has 2 aromatic rings. The summed E-state index contributed by atoms with van der Waals surface area (Å²) in [6, 6.07) is 7.56. The lowest BCUT2D eigenvalue weighted by Crippen LogP contribution is -2.27. The summed E-state index contributed by atoms with van der Waals surface area (Å²) in [5, 5.41) is 4.14. The largest absolute Gasteiger partial charge is 0.356 e. The molecule has 0 aliphatic rings. The highest BCUT2D eigenvalue weighted by Gasteiger charge is 2.10. The number of halogens is 1. The molecule has 2 rings (SSSR count). The van der Waals surface area contributed by atoms with Crippen LogP contribution in [-0.4, -0.2) is 28.7 Å². The Morgan fingerprint density at radius 1 is 1.38 bits per heavy atom. The van der Waals surface area contributed by atoms with Crippen molar-refractivity contribution in [2.75, 3.05) is 12.8 Å². The molecular weight excluding hydrogens is 346 g/mol. The lowest BCUT2D eigenvalue weighted by molar-refractivity contribution is -0.121. The maximum absolute atomic E-state index is 12.0. The minimum Gasteiger partial charge on any atom is -0.356 e. The fraction of sp³-hybridized carbons (Fsp3) is 0.353. The number of hydrogen-bond donors (Lipinski definition) is 2. The third-order valence-corrected chi connectivity index (χ3v) is 4.44. The third kappa shape index (κ3) is 5.39. The monoisotopic (exact) mass is 365 g/mol. The molecule has 2 N–H and O–H groups in total. The highest BCUT2D eigenvalue weighted by molar-refractivity contribution is 7.98. The van der Waals surface area contributed by atoms with Crippen LogP contribution in [0.25, 0.3) is 0 Å². The zero-order chi connectivity index (χ0) is 17.5. The molecule has 24 heavy (non-hydrogen) atoms. The molecule has 128 valence electrons. The molecule has 0 saturated heterocycles. The number of aryl methyl sites for hydroxylation is 1. The lowest BCUT2D eigenvalue weighted by Gasteiger charge is -2.07. The molecular formula is C17H20ClN3O2S. The first kappa shape index (κ1) is 18.5. The van der Waals surface area contributed by atoms with Gasteiger partial charge in [-0.3, -0.25) is 9.59 Å². The van der Waals surface area contributed by atoms with Gasteiger partial charge in [0, 0.05) is 29.2 Å². The Kier molecular flexibility index (Phi) is 6.87. The first-order valence-electron chi connectivity index (χ1n) is 7.64. The number of nitrogens with zero attached hydrogens (tertiary/aromatic N) is 1.